The van der Waals surface area contributed by atoms with Gasteiger partial charge in [0.15, 0.2) is 5.82 Å². The van der Waals surface area contributed by atoms with Gasteiger partial charge >= 0.3 is 0 Å². The van der Waals surface area contributed by atoms with Gasteiger partial charge in [0.25, 0.3) is 0 Å². The summed E-state index contributed by atoms with van der Waals surface area (Å²) >= 11 is 1.80. The Morgan fingerprint density at radius 2 is 2.28 bits per heavy atom. The molecule has 124 valence electrons. The molecule has 3 aromatic rings. The molecule has 0 atom stereocenters. The number of hydrogen-bond acceptors (Lipinski definition) is 5. The van der Waals surface area contributed by atoms with Crippen LogP contribution in [0.2, 0.25) is 0 Å². The molecular formula is C18H15N5OS. The van der Waals surface area contributed by atoms with Crippen molar-refractivity contribution in [3.63, 3.8) is 0 Å². The molecule has 25 heavy (non-hydrogen) atoms. The Hall–Kier alpha value is -2.93. The molecule has 2 aromatic heterocycles. The molecule has 0 fully saturated rings. The summed E-state index contributed by atoms with van der Waals surface area (Å²) in [6, 6.07) is 5.53. The van der Waals surface area contributed by atoms with Crippen LogP contribution in [0.3, 0.4) is 0 Å². The Kier molecular flexibility index (Phi) is 4.07. The average molecular weight is 349 g/mol. The van der Waals surface area contributed by atoms with Crippen molar-refractivity contribution in [1.82, 2.24) is 19.5 Å². The van der Waals surface area contributed by atoms with Gasteiger partial charge < -0.3 is 5.32 Å². The minimum absolute atomic E-state index is 0.252. The number of aromatic nitrogens is 4. The number of amides is 1. The van der Waals surface area contributed by atoms with Crippen molar-refractivity contribution >= 4 is 40.0 Å². The maximum atomic E-state index is 11.5. The van der Waals surface area contributed by atoms with E-state index >= 15 is 0 Å². The summed E-state index contributed by atoms with van der Waals surface area (Å²) in [4.78, 5) is 25.0. The molecule has 0 bridgehead atoms. The van der Waals surface area contributed by atoms with Crippen molar-refractivity contribution in [2.75, 3.05) is 11.1 Å². The number of anilines is 1. The van der Waals surface area contributed by atoms with Gasteiger partial charge in [-0.15, -0.1) is 11.8 Å². The number of nitrogens with one attached hydrogen (secondary N) is 1. The molecule has 0 unspecified atom stereocenters. The van der Waals surface area contributed by atoms with Gasteiger partial charge in [0, 0.05) is 11.4 Å². The first kappa shape index (κ1) is 15.6. The van der Waals surface area contributed by atoms with Crippen LogP contribution in [0.5, 0.6) is 0 Å². The van der Waals surface area contributed by atoms with E-state index in [9.17, 15) is 4.79 Å². The van der Waals surface area contributed by atoms with E-state index in [-0.39, 0.29) is 5.91 Å². The normalized spacial score (nSPS) is 13.7. The Morgan fingerprint density at radius 1 is 1.36 bits per heavy atom. The molecule has 1 N–H and O–H groups in total. The number of carbonyl (C=O) groups excluding carboxylic acids is 1. The van der Waals surface area contributed by atoms with Crippen molar-refractivity contribution in [2.24, 2.45) is 0 Å². The smallest absolute Gasteiger partial charge is 0.247 e. The van der Waals surface area contributed by atoms with Gasteiger partial charge in [-0.2, -0.15) is 0 Å². The minimum atomic E-state index is -0.252. The predicted molar refractivity (Wildman–Crippen MR) is 101 cm³/mol. The molecule has 7 heteroatoms. The van der Waals surface area contributed by atoms with Gasteiger partial charge in [-0.05, 0) is 41.7 Å². The highest BCUT2D eigenvalue weighted by Crippen LogP contribution is 2.29. The fourth-order valence-electron chi connectivity index (χ4n) is 2.66. The lowest BCUT2D eigenvalue weighted by Crippen LogP contribution is -2.07. The quantitative estimate of drug-likeness (QED) is 0.731. The first-order chi connectivity index (χ1) is 12.2. The highest BCUT2D eigenvalue weighted by molar-refractivity contribution is 8.02. The molecule has 1 aromatic carbocycles. The lowest BCUT2D eigenvalue weighted by molar-refractivity contribution is -0.111. The molecule has 3 heterocycles. The summed E-state index contributed by atoms with van der Waals surface area (Å²) in [5, 5.41) is 4.90. The van der Waals surface area contributed by atoms with Crippen LogP contribution in [-0.4, -0.2) is 31.2 Å². The highest BCUT2D eigenvalue weighted by atomic mass is 32.2. The number of allylic oxidation sites excluding steroid dienone is 1. The maximum Gasteiger partial charge on any atom is 0.247 e. The Labute approximate surface area is 148 Å². The molecule has 1 aliphatic rings. The second-order valence-electron chi connectivity index (χ2n) is 5.54. The highest BCUT2D eigenvalue weighted by Gasteiger charge is 2.12. The summed E-state index contributed by atoms with van der Waals surface area (Å²) in [5.41, 5.74) is 4.45. The second kappa shape index (κ2) is 6.52. The molecule has 6 nitrogen and oxygen atoms in total. The van der Waals surface area contributed by atoms with Crippen molar-refractivity contribution in [2.45, 2.75) is 6.42 Å². The third kappa shape index (κ3) is 3.06. The van der Waals surface area contributed by atoms with E-state index in [0.29, 0.717) is 11.5 Å². The van der Waals surface area contributed by atoms with Crippen molar-refractivity contribution < 1.29 is 4.79 Å². The molecule has 0 saturated carbocycles. The van der Waals surface area contributed by atoms with E-state index in [2.05, 4.69) is 27.3 Å². The van der Waals surface area contributed by atoms with Crippen LogP contribution in [0.15, 0.2) is 55.0 Å². The SMILES string of the molecule is C=CC(=O)Nc1ccc2ncn(-c3cncc(C4=CSCC4)n3)c2c1. The largest absolute Gasteiger partial charge is 0.322 e. The third-order valence-electron chi connectivity index (χ3n) is 3.91. The number of imidazole rings is 1. The van der Waals surface area contributed by atoms with Crippen LogP contribution in [0.1, 0.15) is 12.1 Å². The second-order valence-corrected chi connectivity index (χ2v) is 6.52. The van der Waals surface area contributed by atoms with E-state index in [1.807, 2.05) is 22.8 Å². The number of benzene rings is 1. The third-order valence-corrected chi connectivity index (χ3v) is 4.80. The zero-order chi connectivity index (χ0) is 17.2. The fourth-order valence-corrected chi connectivity index (χ4v) is 3.56. The molecule has 0 aliphatic carbocycles. The van der Waals surface area contributed by atoms with Gasteiger partial charge in [-0.25, -0.2) is 9.97 Å². The van der Waals surface area contributed by atoms with E-state index in [0.717, 1.165) is 28.9 Å². The van der Waals surface area contributed by atoms with Crippen molar-refractivity contribution in [3.8, 4) is 5.82 Å². The molecule has 0 radical (unpaired) electrons. The van der Waals surface area contributed by atoms with Crippen LogP contribution < -0.4 is 5.32 Å². The van der Waals surface area contributed by atoms with Crippen molar-refractivity contribution in [1.29, 1.82) is 0 Å². The van der Waals surface area contributed by atoms with Crippen LogP contribution in [0, 0.1) is 0 Å². The number of carbonyl (C=O) groups is 1. The lowest BCUT2D eigenvalue weighted by Gasteiger charge is -2.07. The number of nitrogens with zero attached hydrogens (tertiary/aromatic N) is 4. The first-order valence-electron chi connectivity index (χ1n) is 7.78. The van der Waals surface area contributed by atoms with Gasteiger partial charge in [-0.1, -0.05) is 6.58 Å². The average Bonchev–Trinajstić information content (AvgIpc) is 3.31. The van der Waals surface area contributed by atoms with Gasteiger partial charge in [0.05, 0.1) is 29.1 Å². The molecular weight excluding hydrogens is 334 g/mol. The summed E-state index contributed by atoms with van der Waals surface area (Å²) in [5.74, 6) is 1.53. The Bertz CT molecular complexity index is 1010. The summed E-state index contributed by atoms with van der Waals surface area (Å²) in [7, 11) is 0. The zero-order valence-corrected chi connectivity index (χ0v) is 14.2. The standard InChI is InChI=1S/C18H15N5OS/c1-2-18(24)21-13-3-4-14-16(7-13)23(11-20-14)17-9-19-8-15(22-17)12-5-6-25-10-12/h2-4,7-11H,1,5-6H2,(H,21,24). The number of rotatable bonds is 4. The van der Waals surface area contributed by atoms with E-state index in [4.69, 9.17) is 4.98 Å². The summed E-state index contributed by atoms with van der Waals surface area (Å²) in [6.45, 7) is 3.47. The predicted octanol–water partition coefficient (Wildman–Crippen LogP) is 3.42. The molecule has 1 aliphatic heterocycles. The molecule has 4 rings (SSSR count). The molecule has 0 spiro atoms. The Balaban J connectivity index is 1.76. The van der Waals surface area contributed by atoms with Gasteiger partial charge in [0.2, 0.25) is 5.91 Å². The summed E-state index contributed by atoms with van der Waals surface area (Å²) < 4.78 is 1.87. The minimum Gasteiger partial charge on any atom is -0.322 e. The van der Waals surface area contributed by atoms with E-state index in [1.54, 1.807) is 30.5 Å². The van der Waals surface area contributed by atoms with Crippen LogP contribution in [0.25, 0.3) is 22.4 Å². The maximum absolute atomic E-state index is 11.5. The van der Waals surface area contributed by atoms with Crippen LogP contribution >= 0.6 is 11.8 Å². The number of thioether (sulfide) groups is 1. The topological polar surface area (TPSA) is 72.7 Å². The van der Waals surface area contributed by atoms with Crippen LogP contribution in [-0.2, 0) is 4.79 Å². The van der Waals surface area contributed by atoms with Crippen molar-refractivity contribution in [3.05, 3.63) is 60.7 Å². The van der Waals surface area contributed by atoms with Crippen LogP contribution in [0.4, 0.5) is 5.69 Å². The number of hydrogen-bond donors (Lipinski definition) is 1. The monoisotopic (exact) mass is 349 g/mol. The Morgan fingerprint density at radius 3 is 3.08 bits per heavy atom. The van der Waals surface area contributed by atoms with E-state index in [1.165, 1.54) is 11.6 Å². The fraction of sp³-hybridized carbons (Fsp3) is 0.111. The first-order valence-corrected chi connectivity index (χ1v) is 8.83. The molecule has 1 amide bonds. The number of fused-ring (bicyclic) bond motifs is 1. The molecule has 0 saturated heterocycles. The lowest BCUT2D eigenvalue weighted by atomic mass is 10.2. The van der Waals surface area contributed by atoms with Gasteiger partial charge in [-0.3, -0.25) is 14.3 Å². The van der Waals surface area contributed by atoms with E-state index < -0.39 is 0 Å². The summed E-state index contributed by atoms with van der Waals surface area (Å²) in [6.07, 6.45) is 7.46. The zero-order valence-electron chi connectivity index (χ0n) is 13.3. The van der Waals surface area contributed by atoms with Gasteiger partial charge in [0.1, 0.15) is 6.33 Å².